The van der Waals surface area contributed by atoms with Gasteiger partial charge >= 0.3 is 5.76 Å². The van der Waals surface area contributed by atoms with E-state index in [1.807, 2.05) is 6.07 Å². The Bertz CT molecular complexity index is 1080. The predicted octanol–water partition coefficient (Wildman–Crippen LogP) is 2.51. The number of rotatable bonds is 3. The molecule has 0 spiro atoms. The molecule has 1 N–H and O–H groups in total. The molecule has 1 saturated heterocycles. The van der Waals surface area contributed by atoms with Crippen molar-refractivity contribution < 1.29 is 14.0 Å². The van der Waals surface area contributed by atoms with Crippen LogP contribution in [0.2, 0.25) is 0 Å². The lowest BCUT2D eigenvalue weighted by atomic mass is 10.1. The van der Waals surface area contributed by atoms with E-state index in [0.29, 0.717) is 35.3 Å². The molecule has 0 radical (unpaired) electrons. The van der Waals surface area contributed by atoms with Gasteiger partial charge in [-0.25, -0.2) is 4.79 Å². The first kappa shape index (κ1) is 16.1. The number of oxazole rings is 1. The summed E-state index contributed by atoms with van der Waals surface area (Å²) in [5.41, 5.74) is 2.81. The molecule has 3 aromatic rings. The van der Waals surface area contributed by atoms with Gasteiger partial charge in [0.15, 0.2) is 5.58 Å². The molecule has 2 heterocycles. The molecular weight excluding hydrogens is 334 g/mol. The maximum atomic E-state index is 12.6. The first-order valence-electron chi connectivity index (χ1n) is 8.34. The summed E-state index contributed by atoms with van der Waals surface area (Å²) in [5.74, 6) is -0.660. The molecular formula is C19H17N3O4. The molecule has 0 unspecified atom stereocenters. The van der Waals surface area contributed by atoms with Gasteiger partial charge in [0.05, 0.1) is 5.52 Å². The molecule has 4 rings (SSSR count). The van der Waals surface area contributed by atoms with E-state index in [1.54, 1.807) is 48.3 Å². The topological polar surface area (TPSA) is 84.6 Å². The van der Waals surface area contributed by atoms with Crippen LogP contribution in [0, 0.1) is 0 Å². The van der Waals surface area contributed by atoms with E-state index in [9.17, 15) is 14.4 Å². The Hall–Kier alpha value is -3.35. The molecule has 1 aliphatic heterocycles. The van der Waals surface area contributed by atoms with E-state index in [-0.39, 0.29) is 11.8 Å². The number of aromatic nitrogens is 1. The second-order valence-corrected chi connectivity index (χ2v) is 6.26. The van der Waals surface area contributed by atoms with Crippen molar-refractivity contribution in [1.82, 2.24) is 4.57 Å². The number of anilines is 2. The third kappa shape index (κ3) is 2.77. The molecule has 7 heteroatoms. The highest BCUT2D eigenvalue weighted by Gasteiger charge is 2.22. The largest absolute Gasteiger partial charge is 0.419 e. The van der Waals surface area contributed by atoms with Crippen LogP contribution < -0.4 is 16.0 Å². The lowest BCUT2D eigenvalue weighted by Crippen LogP contribution is -2.24. The van der Waals surface area contributed by atoms with Crippen LogP contribution in [-0.4, -0.2) is 22.9 Å². The van der Waals surface area contributed by atoms with Crippen LogP contribution in [0.1, 0.15) is 23.2 Å². The minimum absolute atomic E-state index is 0.0777. The summed E-state index contributed by atoms with van der Waals surface area (Å²) in [4.78, 5) is 37.7. The number of benzene rings is 2. The van der Waals surface area contributed by atoms with E-state index < -0.39 is 5.76 Å². The highest BCUT2D eigenvalue weighted by atomic mass is 16.4. The Kier molecular flexibility index (Phi) is 3.84. The summed E-state index contributed by atoms with van der Waals surface area (Å²) < 4.78 is 6.46. The van der Waals surface area contributed by atoms with Crippen LogP contribution in [0.4, 0.5) is 11.4 Å². The average molecular weight is 351 g/mol. The molecule has 7 nitrogen and oxygen atoms in total. The number of hydrogen-bond acceptors (Lipinski definition) is 4. The molecule has 132 valence electrons. The van der Waals surface area contributed by atoms with Gasteiger partial charge in [-0.2, -0.15) is 0 Å². The number of amides is 2. The van der Waals surface area contributed by atoms with Gasteiger partial charge in [-0.15, -0.1) is 0 Å². The maximum Gasteiger partial charge on any atom is 0.419 e. The van der Waals surface area contributed by atoms with Crippen LogP contribution in [-0.2, 0) is 11.8 Å². The zero-order valence-electron chi connectivity index (χ0n) is 14.2. The number of fused-ring (bicyclic) bond motifs is 1. The zero-order chi connectivity index (χ0) is 18.3. The summed E-state index contributed by atoms with van der Waals surface area (Å²) in [5, 5.41) is 2.82. The molecule has 26 heavy (non-hydrogen) atoms. The number of aryl methyl sites for hydroxylation is 1. The van der Waals surface area contributed by atoms with Gasteiger partial charge in [-0.1, -0.05) is 6.07 Å². The van der Waals surface area contributed by atoms with Crippen molar-refractivity contribution in [3.8, 4) is 0 Å². The molecule has 0 atom stereocenters. The van der Waals surface area contributed by atoms with E-state index in [0.717, 1.165) is 12.1 Å². The SMILES string of the molecule is Cn1c(=O)oc2ccc(NC(=O)c3cccc(N4CCCC4=O)c3)cc21. The van der Waals surface area contributed by atoms with Gasteiger partial charge in [-0.3, -0.25) is 14.2 Å². The van der Waals surface area contributed by atoms with Gasteiger partial charge in [-0.05, 0) is 42.8 Å². The van der Waals surface area contributed by atoms with Gasteiger partial charge in [0.1, 0.15) is 0 Å². The fourth-order valence-electron chi connectivity index (χ4n) is 3.14. The van der Waals surface area contributed by atoms with E-state index in [4.69, 9.17) is 4.42 Å². The minimum atomic E-state index is -0.452. The summed E-state index contributed by atoms with van der Waals surface area (Å²) in [6.07, 6.45) is 1.37. The predicted molar refractivity (Wildman–Crippen MR) is 97.4 cm³/mol. The first-order valence-corrected chi connectivity index (χ1v) is 8.34. The lowest BCUT2D eigenvalue weighted by Gasteiger charge is -2.16. The standard InChI is InChI=1S/C19H17N3O4/c1-21-15-11-13(7-8-16(15)26-19(21)25)20-18(24)12-4-2-5-14(10-12)22-9-3-6-17(22)23/h2,4-5,7-8,10-11H,3,6,9H2,1H3,(H,20,24). The van der Waals surface area contributed by atoms with Crippen LogP contribution >= 0.6 is 0 Å². The Labute approximate surface area is 148 Å². The van der Waals surface area contributed by atoms with E-state index >= 15 is 0 Å². The van der Waals surface area contributed by atoms with Crippen molar-refractivity contribution in [2.75, 3.05) is 16.8 Å². The average Bonchev–Trinajstić information content (AvgIpc) is 3.19. The van der Waals surface area contributed by atoms with Gasteiger partial charge in [0.2, 0.25) is 5.91 Å². The number of nitrogens with one attached hydrogen (secondary N) is 1. The van der Waals surface area contributed by atoms with Gasteiger partial charge in [0, 0.05) is 37.0 Å². The third-order valence-electron chi connectivity index (χ3n) is 4.54. The molecule has 1 aromatic heterocycles. The van der Waals surface area contributed by atoms with Crippen LogP contribution in [0.15, 0.2) is 51.7 Å². The van der Waals surface area contributed by atoms with Crippen molar-refractivity contribution >= 4 is 34.3 Å². The van der Waals surface area contributed by atoms with Crippen molar-refractivity contribution in [1.29, 1.82) is 0 Å². The van der Waals surface area contributed by atoms with Gasteiger partial charge in [0.25, 0.3) is 5.91 Å². The van der Waals surface area contributed by atoms with E-state index in [1.165, 1.54) is 4.57 Å². The summed E-state index contributed by atoms with van der Waals surface area (Å²) in [6, 6.07) is 12.0. The molecule has 0 aliphatic carbocycles. The number of carbonyl (C=O) groups excluding carboxylic acids is 2. The summed E-state index contributed by atoms with van der Waals surface area (Å²) >= 11 is 0. The Morgan fingerprint density at radius 3 is 2.77 bits per heavy atom. The lowest BCUT2D eigenvalue weighted by molar-refractivity contribution is -0.117. The second-order valence-electron chi connectivity index (χ2n) is 6.26. The quantitative estimate of drug-likeness (QED) is 0.786. The summed E-state index contributed by atoms with van der Waals surface area (Å²) in [6.45, 7) is 0.676. The molecule has 2 aromatic carbocycles. The highest BCUT2D eigenvalue weighted by molar-refractivity contribution is 6.06. The van der Waals surface area contributed by atoms with Crippen molar-refractivity contribution in [2.24, 2.45) is 7.05 Å². The molecule has 2 amide bonds. The smallest absolute Gasteiger partial charge is 0.408 e. The zero-order valence-corrected chi connectivity index (χ0v) is 14.2. The Morgan fingerprint density at radius 2 is 2.00 bits per heavy atom. The van der Waals surface area contributed by atoms with Crippen molar-refractivity contribution in [3.05, 3.63) is 58.6 Å². The molecule has 1 aliphatic rings. The van der Waals surface area contributed by atoms with Gasteiger partial charge < -0.3 is 14.6 Å². The van der Waals surface area contributed by atoms with Crippen LogP contribution in [0.5, 0.6) is 0 Å². The minimum Gasteiger partial charge on any atom is -0.408 e. The normalized spacial score (nSPS) is 14.2. The number of hydrogen-bond donors (Lipinski definition) is 1. The summed E-state index contributed by atoms with van der Waals surface area (Å²) in [7, 11) is 1.61. The number of nitrogens with zero attached hydrogens (tertiary/aromatic N) is 2. The van der Waals surface area contributed by atoms with Crippen LogP contribution in [0.3, 0.4) is 0 Å². The maximum absolute atomic E-state index is 12.6. The molecule has 0 saturated carbocycles. The Morgan fingerprint density at radius 1 is 1.15 bits per heavy atom. The third-order valence-corrected chi connectivity index (χ3v) is 4.54. The van der Waals surface area contributed by atoms with Crippen molar-refractivity contribution in [3.63, 3.8) is 0 Å². The molecule has 0 bridgehead atoms. The fraction of sp³-hybridized carbons (Fsp3) is 0.211. The Balaban J connectivity index is 1.59. The van der Waals surface area contributed by atoms with Crippen molar-refractivity contribution in [2.45, 2.75) is 12.8 Å². The second kappa shape index (κ2) is 6.18. The monoisotopic (exact) mass is 351 g/mol. The molecule has 1 fully saturated rings. The first-order chi connectivity index (χ1) is 12.5. The van der Waals surface area contributed by atoms with Crippen LogP contribution in [0.25, 0.3) is 11.1 Å². The number of carbonyl (C=O) groups is 2. The van der Waals surface area contributed by atoms with E-state index in [2.05, 4.69) is 5.32 Å². The highest BCUT2D eigenvalue weighted by Crippen LogP contribution is 2.23. The fourth-order valence-corrected chi connectivity index (χ4v) is 3.14.